The second kappa shape index (κ2) is 5.85. The van der Waals surface area contributed by atoms with E-state index in [9.17, 15) is 17.2 Å². The molecule has 1 aliphatic rings. The van der Waals surface area contributed by atoms with Crippen molar-refractivity contribution in [2.45, 2.75) is 29.9 Å². The molecule has 1 N–H and O–H groups in total. The van der Waals surface area contributed by atoms with Crippen molar-refractivity contribution in [3.63, 3.8) is 0 Å². The van der Waals surface area contributed by atoms with Crippen molar-refractivity contribution in [1.82, 2.24) is 0 Å². The predicted molar refractivity (Wildman–Crippen MR) is 75.1 cm³/mol. The third-order valence-electron chi connectivity index (χ3n) is 3.66. The minimum atomic E-state index is -4.59. The molecule has 3 nitrogen and oxygen atoms in total. The summed E-state index contributed by atoms with van der Waals surface area (Å²) in [5.41, 5.74) is 0.317. The number of hydrogen-bond donors (Lipinski definition) is 1. The fourth-order valence-electron chi connectivity index (χ4n) is 2.13. The van der Waals surface area contributed by atoms with E-state index >= 15 is 0 Å². The molecule has 0 heterocycles. The Bertz CT molecular complexity index is 573. The highest BCUT2D eigenvalue weighted by Gasteiger charge is 2.41. The Balaban J connectivity index is 2.17. The van der Waals surface area contributed by atoms with Crippen LogP contribution in [0, 0.1) is 5.41 Å². The Hall–Kier alpha value is -0.880. The van der Waals surface area contributed by atoms with Gasteiger partial charge in [0.15, 0.2) is 0 Å². The zero-order chi connectivity index (χ0) is 14.8. The van der Waals surface area contributed by atoms with Gasteiger partial charge in [-0.15, -0.1) is 11.6 Å². The third-order valence-corrected chi connectivity index (χ3v) is 5.29. The maximum atomic E-state index is 12.7. The van der Waals surface area contributed by atoms with Gasteiger partial charge in [0.25, 0.3) is 0 Å². The van der Waals surface area contributed by atoms with Crippen LogP contribution in [0.25, 0.3) is 0 Å². The lowest BCUT2D eigenvalue weighted by Crippen LogP contribution is -2.19. The molecule has 0 aromatic heterocycles. The number of alkyl halides is 3. The van der Waals surface area contributed by atoms with Crippen LogP contribution >= 0.6 is 11.6 Å². The van der Waals surface area contributed by atoms with Crippen molar-refractivity contribution in [1.29, 1.82) is 0 Å². The molecule has 7 heteroatoms. The van der Waals surface area contributed by atoms with Gasteiger partial charge >= 0.3 is 5.76 Å². The average Bonchev–Trinajstić information content (AvgIpc) is 3.17. The van der Waals surface area contributed by atoms with E-state index in [0.717, 1.165) is 19.3 Å². The number of rotatable bonds is 7. The first-order valence-electron chi connectivity index (χ1n) is 6.32. The molecule has 0 saturated heterocycles. The van der Waals surface area contributed by atoms with Crippen LogP contribution in [0.15, 0.2) is 29.2 Å². The smallest absolute Gasteiger partial charge is 0.341 e. The molecule has 1 aromatic carbocycles. The Kier molecular flexibility index (Phi) is 4.54. The van der Waals surface area contributed by atoms with Crippen molar-refractivity contribution in [3.8, 4) is 0 Å². The van der Waals surface area contributed by atoms with Crippen LogP contribution in [0.3, 0.4) is 0 Å². The molecule has 20 heavy (non-hydrogen) atoms. The van der Waals surface area contributed by atoms with E-state index in [1.807, 2.05) is 0 Å². The molecule has 0 spiro atoms. The molecule has 1 saturated carbocycles. The summed E-state index contributed by atoms with van der Waals surface area (Å²) in [6.45, 7) is 0.551. The van der Waals surface area contributed by atoms with Crippen LogP contribution in [0.2, 0.25) is 0 Å². The largest absolute Gasteiger partial charge is 0.383 e. The lowest BCUT2D eigenvalue weighted by atomic mass is 10.0. The normalized spacial score (nSPS) is 17.2. The molecule has 0 atom stereocenters. The molecule has 1 aromatic rings. The first kappa shape index (κ1) is 15.5. The zero-order valence-corrected chi connectivity index (χ0v) is 12.4. The van der Waals surface area contributed by atoms with Crippen LogP contribution in [0.5, 0.6) is 0 Å². The highest BCUT2D eigenvalue weighted by molar-refractivity contribution is 7.91. The first-order chi connectivity index (χ1) is 9.41. The van der Waals surface area contributed by atoms with Crippen molar-refractivity contribution in [2.24, 2.45) is 5.41 Å². The highest BCUT2D eigenvalue weighted by atomic mass is 35.5. The van der Waals surface area contributed by atoms with E-state index in [1.54, 1.807) is 6.07 Å². The number of anilines is 1. The number of sulfone groups is 1. The van der Waals surface area contributed by atoms with Gasteiger partial charge in [-0.2, -0.15) is 8.78 Å². The van der Waals surface area contributed by atoms with Crippen molar-refractivity contribution in [3.05, 3.63) is 24.3 Å². The zero-order valence-electron chi connectivity index (χ0n) is 10.8. The minimum Gasteiger partial charge on any atom is -0.383 e. The SMILES string of the molecule is O=S(=O)(c1ccccc1NCC1(CCCl)CC1)C(F)F. The van der Waals surface area contributed by atoms with Crippen LogP contribution in [-0.4, -0.2) is 26.6 Å². The van der Waals surface area contributed by atoms with Gasteiger partial charge in [-0.3, -0.25) is 0 Å². The monoisotopic (exact) mass is 323 g/mol. The van der Waals surface area contributed by atoms with Gasteiger partial charge in [0.2, 0.25) is 9.84 Å². The fourth-order valence-corrected chi connectivity index (χ4v) is 3.44. The molecule has 0 amide bonds. The molecule has 0 unspecified atom stereocenters. The Morgan fingerprint density at radius 2 is 1.95 bits per heavy atom. The summed E-state index contributed by atoms with van der Waals surface area (Å²) >= 11 is 5.73. The number of benzene rings is 1. The molecular weight excluding hydrogens is 308 g/mol. The van der Waals surface area contributed by atoms with Crippen LogP contribution in [0.1, 0.15) is 19.3 Å². The predicted octanol–water partition coefficient (Wildman–Crippen LogP) is 3.50. The van der Waals surface area contributed by atoms with E-state index in [4.69, 9.17) is 11.6 Å². The molecule has 1 fully saturated rings. The molecule has 0 bridgehead atoms. The summed E-state index contributed by atoms with van der Waals surface area (Å²) in [5, 5.41) is 2.99. The lowest BCUT2D eigenvalue weighted by Gasteiger charge is -2.17. The van der Waals surface area contributed by atoms with Crippen LogP contribution in [0.4, 0.5) is 14.5 Å². The van der Waals surface area contributed by atoms with Gasteiger partial charge < -0.3 is 5.32 Å². The average molecular weight is 324 g/mol. The maximum Gasteiger partial charge on any atom is 0.341 e. The van der Waals surface area contributed by atoms with Crippen molar-refractivity contribution < 1.29 is 17.2 Å². The van der Waals surface area contributed by atoms with E-state index in [-0.39, 0.29) is 16.0 Å². The molecular formula is C13H16ClF2NO2S. The van der Waals surface area contributed by atoms with Crippen LogP contribution < -0.4 is 5.32 Å². The Morgan fingerprint density at radius 1 is 1.30 bits per heavy atom. The van der Waals surface area contributed by atoms with E-state index in [1.165, 1.54) is 18.2 Å². The summed E-state index contributed by atoms with van der Waals surface area (Å²) < 4.78 is 48.5. The lowest BCUT2D eigenvalue weighted by molar-refractivity contribution is 0.235. The van der Waals surface area contributed by atoms with E-state index in [2.05, 4.69) is 5.32 Å². The topological polar surface area (TPSA) is 46.2 Å². The summed E-state index contributed by atoms with van der Waals surface area (Å²) in [4.78, 5) is -0.350. The summed E-state index contributed by atoms with van der Waals surface area (Å²) in [6, 6.07) is 5.76. The summed E-state index contributed by atoms with van der Waals surface area (Å²) in [6.07, 6.45) is 2.89. The van der Waals surface area contributed by atoms with Gasteiger partial charge in [-0.05, 0) is 36.8 Å². The number of para-hydroxylation sites is 1. The molecule has 0 aliphatic heterocycles. The van der Waals surface area contributed by atoms with Crippen molar-refractivity contribution >= 4 is 27.1 Å². The van der Waals surface area contributed by atoms with E-state index < -0.39 is 15.6 Å². The molecule has 0 radical (unpaired) electrons. The summed E-state index contributed by atoms with van der Waals surface area (Å²) in [5.74, 6) is -2.87. The van der Waals surface area contributed by atoms with Crippen molar-refractivity contribution in [2.75, 3.05) is 17.7 Å². The number of halogens is 3. The van der Waals surface area contributed by atoms with E-state index in [0.29, 0.717) is 12.4 Å². The Morgan fingerprint density at radius 3 is 2.50 bits per heavy atom. The second-order valence-electron chi connectivity index (χ2n) is 5.09. The summed E-state index contributed by atoms with van der Waals surface area (Å²) in [7, 11) is -4.59. The van der Waals surface area contributed by atoms with Crippen LogP contribution in [-0.2, 0) is 9.84 Å². The fraction of sp³-hybridized carbons (Fsp3) is 0.538. The van der Waals surface area contributed by atoms with Gasteiger partial charge in [0.05, 0.1) is 10.6 Å². The Labute approximate surface area is 122 Å². The number of nitrogens with one attached hydrogen (secondary N) is 1. The second-order valence-corrected chi connectivity index (χ2v) is 7.36. The van der Waals surface area contributed by atoms with Gasteiger partial charge in [-0.1, -0.05) is 12.1 Å². The number of hydrogen-bond acceptors (Lipinski definition) is 3. The first-order valence-corrected chi connectivity index (χ1v) is 8.40. The molecule has 1 aliphatic carbocycles. The minimum absolute atomic E-state index is 0.0868. The van der Waals surface area contributed by atoms with Gasteiger partial charge in [0, 0.05) is 12.4 Å². The highest BCUT2D eigenvalue weighted by Crippen LogP contribution is 2.49. The van der Waals surface area contributed by atoms with Gasteiger partial charge in [-0.25, -0.2) is 8.42 Å². The molecule has 2 rings (SSSR count). The third kappa shape index (κ3) is 3.23. The molecule has 112 valence electrons. The standard InChI is InChI=1S/C13H16ClF2NO2S/c14-8-7-13(5-6-13)9-17-10-3-1-2-4-11(10)20(18,19)12(15)16/h1-4,12,17H,5-9H2. The quantitative estimate of drug-likeness (QED) is 0.781. The van der Waals surface area contributed by atoms with Gasteiger partial charge in [0.1, 0.15) is 0 Å². The maximum absolute atomic E-state index is 12.7.